The number of hydrogen-bond acceptors (Lipinski definition) is 5. The SMILES string of the molecule is O=P(Cl)(Cl)OCC(COCC(F)(F)C(F)(F)F)(COCC(F)(F)C(F)(F)F)COCC(F)(F)C(F)(F)F. The quantitative estimate of drug-likeness (QED) is 0.139. The lowest BCUT2D eigenvalue weighted by Crippen LogP contribution is -2.48. The molecule has 23 heteroatoms. The van der Waals surface area contributed by atoms with Crippen LogP contribution >= 0.6 is 28.6 Å². The summed E-state index contributed by atoms with van der Waals surface area (Å²) in [4.78, 5) is 0. The highest BCUT2D eigenvalue weighted by atomic mass is 35.9. The van der Waals surface area contributed by atoms with Crippen molar-refractivity contribution >= 4 is 28.6 Å². The number of halogens is 17. The lowest BCUT2D eigenvalue weighted by Gasteiger charge is -2.34. The minimum absolute atomic E-state index is 1.58. The molecule has 0 aromatic heterocycles. The van der Waals surface area contributed by atoms with E-state index >= 15 is 0 Å². The standard InChI is InChI=1S/C14H14Cl2F15O5P/c15-37(16,32)36-4-8(1-33-5-9(17,18)12(23,24)25,2-34-6-10(19,20)13(26,27)28)3-35-7-11(21,22)14(29,30)31/h1-7H2. The maximum absolute atomic E-state index is 13.1. The molecule has 0 saturated heterocycles. The molecule has 0 aromatic carbocycles. The molecule has 0 fully saturated rings. The molecule has 37 heavy (non-hydrogen) atoms. The Morgan fingerprint density at radius 2 is 0.703 bits per heavy atom. The molecule has 0 unspecified atom stereocenters. The van der Waals surface area contributed by atoms with Crippen molar-refractivity contribution in [2.24, 2.45) is 5.41 Å². The van der Waals surface area contributed by atoms with Crippen LogP contribution in [0.15, 0.2) is 0 Å². The molecular weight excluding hydrogens is 635 g/mol. The summed E-state index contributed by atoms with van der Waals surface area (Å²) in [6, 6.07) is 0. The van der Waals surface area contributed by atoms with Crippen molar-refractivity contribution < 1.29 is 89.2 Å². The van der Waals surface area contributed by atoms with Gasteiger partial charge in [0.2, 0.25) is 0 Å². The van der Waals surface area contributed by atoms with Crippen molar-refractivity contribution in [3.63, 3.8) is 0 Å². The largest absolute Gasteiger partial charge is 0.455 e. The highest BCUT2D eigenvalue weighted by molar-refractivity contribution is 8.05. The predicted octanol–water partition coefficient (Wildman–Crippen LogP) is 7.22. The molecule has 0 atom stereocenters. The van der Waals surface area contributed by atoms with Crippen molar-refractivity contribution in [3.8, 4) is 0 Å². The summed E-state index contributed by atoms with van der Waals surface area (Å²) in [5, 5.41) is 0. The first kappa shape index (κ1) is 36.6. The van der Waals surface area contributed by atoms with Gasteiger partial charge in [-0.15, -0.1) is 0 Å². The number of alkyl halides is 15. The second-order valence-corrected chi connectivity index (χ2v) is 11.5. The molecule has 0 amide bonds. The lowest BCUT2D eigenvalue weighted by molar-refractivity contribution is -0.307. The smallest absolute Gasteiger partial charge is 0.374 e. The third-order valence-corrected chi connectivity index (χ3v) is 4.86. The predicted molar refractivity (Wildman–Crippen MR) is 93.2 cm³/mol. The molecule has 5 nitrogen and oxygen atoms in total. The van der Waals surface area contributed by atoms with Crippen LogP contribution in [0, 0.1) is 5.41 Å². The van der Waals surface area contributed by atoms with Crippen molar-refractivity contribution in [2.45, 2.75) is 36.3 Å². The van der Waals surface area contributed by atoms with Crippen molar-refractivity contribution in [1.82, 2.24) is 0 Å². The Labute approximate surface area is 206 Å². The third kappa shape index (κ3) is 12.1. The normalized spacial score (nSPS) is 15.4. The number of ether oxygens (including phenoxy) is 3. The van der Waals surface area contributed by atoms with Gasteiger partial charge in [-0.3, -0.25) is 4.57 Å². The second kappa shape index (κ2) is 12.4. The summed E-state index contributed by atoms with van der Waals surface area (Å²) in [6.07, 6.45) is -23.4. The van der Waals surface area contributed by atoms with Gasteiger partial charge in [-0.05, 0) is 22.5 Å². The molecule has 0 saturated carbocycles. The van der Waals surface area contributed by atoms with E-state index in [-0.39, 0.29) is 0 Å². The number of rotatable bonds is 15. The average molecular weight is 649 g/mol. The van der Waals surface area contributed by atoms with E-state index < -0.39 is 94.0 Å². The van der Waals surface area contributed by atoms with E-state index in [2.05, 4.69) is 18.7 Å². The van der Waals surface area contributed by atoms with Crippen LogP contribution in [0.2, 0.25) is 0 Å². The fraction of sp³-hybridized carbons (Fsp3) is 1.00. The first-order valence-electron chi connectivity index (χ1n) is 8.78. The van der Waals surface area contributed by atoms with Gasteiger partial charge in [0.15, 0.2) is 0 Å². The maximum atomic E-state index is 13.1. The van der Waals surface area contributed by atoms with Crippen molar-refractivity contribution in [1.29, 1.82) is 0 Å². The Balaban J connectivity index is 5.95. The molecule has 0 spiro atoms. The van der Waals surface area contributed by atoms with E-state index in [0.29, 0.717) is 0 Å². The zero-order chi connectivity index (χ0) is 29.8. The van der Waals surface area contributed by atoms with E-state index in [1.807, 2.05) is 0 Å². The molecule has 0 aliphatic carbocycles. The minimum atomic E-state index is -6.23. The minimum Gasteiger partial charge on any atom is -0.374 e. The summed E-state index contributed by atoms with van der Waals surface area (Å²) in [6.45, 7) is -14.5. The first-order chi connectivity index (χ1) is 16.1. The van der Waals surface area contributed by atoms with Gasteiger partial charge in [-0.25, -0.2) is 0 Å². The molecule has 0 rings (SSSR count). The van der Waals surface area contributed by atoms with E-state index in [9.17, 15) is 70.4 Å². The lowest BCUT2D eigenvalue weighted by atomic mass is 9.92. The fourth-order valence-corrected chi connectivity index (χ4v) is 2.61. The molecular formula is C14H14Cl2F15O5P. The molecule has 0 radical (unpaired) electrons. The molecule has 0 heterocycles. The molecule has 224 valence electrons. The summed E-state index contributed by atoms with van der Waals surface area (Å²) in [5.41, 5.74) is -2.84. The van der Waals surface area contributed by atoms with Crippen LogP contribution in [0.25, 0.3) is 0 Å². The summed E-state index contributed by atoms with van der Waals surface area (Å²) >= 11 is 10.0. The van der Waals surface area contributed by atoms with Crippen molar-refractivity contribution in [2.75, 3.05) is 46.2 Å². The van der Waals surface area contributed by atoms with Crippen LogP contribution < -0.4 is 0 Å². The van der Waals surface area contributed by atoms with Gasteiger partial charge in [0.25, 0.3) is 0 Å². The van der Waals surface area contributed by atoms with Gasteiger partial charge in [-0.2, -0.15) is 65.9 Å². The van der Waals surface area contributed by atoms with Gasteiger partial charge in [0.05, 0.1) is 31.8 Å². The van der Waals surface area contributed by atoms with Crippen LogP contribution in [0.3, 0.4) is 0 Å². The maximum Gasteiger partial charge on any atom is 0.455 e. The van der Waals surface area contributed by atoms with Gasteiger partial charge in [-0.1, -0.05) is 0 Å². The fourth-order valence-electron chi connectivity index (χ4n) is 1.89. The Bertz CT molecular complexity index is 687. The van der Waals surface area contributed by atoms with E-state index in [1.54, 1.807) is 0 Å². The summed E-state index contributed by atoms with van der Waals surface area (Å²) in [5.74, 6) is -16.8. The zero-order valence-corrected chi connectivity index (χ0v) is 19.8. The zero-order valence-electron chi connectivity index (χ0n) is 17.4. The van der Waals surface area contributed by atoms with Gasteiger partial charge in [0.1, 0.15) is 19.8 Å². The van der Waals surface area contributed by atoms with Crippen LogP contribution in [-0.2, 0) is 23.3 Å². The molecule has 0 bridgehead atoms. The third-order valence-electron chi connectivity index (χ3n) is 3.84. The monoisotopic (exact) mass is 648 g/mol. The molecule has 0 aromatic rings. The molecule has 0 N–H and O–H groups in total. The Kier molecular flexibility index (Phi) is 12.3. The molecule has 0 aliphatic rings. The summed E-state index contributed by atoms with van der Waals surface area (Å²) in [7, 11) is 0. The van der Waals surface area contributed by atoms with Crippen LogP contribution in [-0.4, -0.2) is 82.5 Å². The highest BCUT2D eigenvalue weighted by Crippen LogP contribution is 2.58. The topological polar surface area (TPSA) is 54.0 Å². The number of hydrogen-bond donors (Lipinski definition) is 0. The Morgan fingerprint density at radius 1 is 0.459 bits per heavy atom. The van der Waals surface area contributed by atoms with E-state index in [4.69, 9.17) is 22.5 Å². The first-order valence-corrected chi connectivity index (χ1v) is 12.2. The van der Waals surface area contributed by atoms with Crippen LogP contribution in [0.1, 0.15) is 0 Å². The molecule has 0 aliphatic heterocycles. The van der Waals surface area contributed by atoms with Crippen molar-refractivity contribution in [3.05, 3.63) is 0 Å². The Hall–Kier alpha value is -0.400. The highest BCUT2D eigenvalue weighted by Gasteiger charge is 2.60. The Morgan fingerprint density at radius 3 is 0.892 bits per heavy atom. The van der Waals surface area contributed by atoms with Gasteiger partial charge in [0, 0.05) is 0 Å². The van der Waals surface area contributed by atoms with Crippen LogP contribution in [0.5, 0.6) is 0 Å². The van der Waals surface area contributed by atoms with E-state index in [1.165, 1.54) is 0 Å². The van der Waals surface area contributed by atoms with Gasteiger partial charge < -0.3 is 18.7 Å². The summed E-state index contributed by atoms with van der Waals surface area (Å²) < 4.78 is 217. The van der Waals surface area contributed by atoms with Crippen LogP contribution in [0.4, 0.5) is 65.9 Å². The average Bonchev–Trinajstić information content (AvgIpc) is 2.62. The van der Waals surface area contributed by atoms with E-state index in [0.717, 1.165) is 0 Å². The second-order valence-electron chi connectivity index (χ2n) is 7.27. The van der Waals surface area contributed by atoms with Gasteiger partial charge >= 0.3 is 42.4 Å².